The van der Waals surface area contributed by atoms with Gasteiger partial charge in [-0.05, 0) is 63.8 Å². The average molecular weight is 246 g/mol. The minimum Gasteiger partial charge on any atom is -0.327 e. The summed E-state index contributed by atoms with van der Waals surface area (Å²) in [7, 11) is 0. The predicted octanol–water partition coefficient (Wildman–Crippen LogP) is 3.10. The smallest absolute Gasteiger partial charge is 0.0325 e. The highest BCUT2D eigenvalue weighted by Crippen LogP contribution is 2.29. The summed E-state index contributed by atoms with van der Waals surface area (Å²) in [6.45, 7) is 11.2. The Balaban J connectivity index is 2.25. The van der Waals surface area contributed by atoms with E-state index in [0.29, 0.717) is 12.1 Å². The highest BCUT2D eigenvalue weighted by molar-refractivity contribution is 5.39. The summed E-state index contributed by atoms with van der Waals surface area (Å²) in [4.78, 5) is 2.54. The Hall–Kier alpha value is -0.860. The summed E-state index contributed by atoms with van der Waals surface area (Å²) in [5.74, 6) is 0. The molecule has 2 rings (SSSR count). The summed E-state index contributed by atoms with van der Waals surface area (Å²) in [5.41, 5.74) is 11.8. The molecule has 0 saturated carbocycles. The number of hydrogen-bond donors (Lipinski definition) is 1. The molecule has 2 N–H and O–H groups in total. The molecule has 100 valence electrons. The lowest BCUT2D eigenvalue weighted by Gasteiger charge is -2.36. The second-order valence-electron chi connectivity index (χ2n) is 5.89. The summed E-state index contributed by atoms with van der Waals surface area (Å²) in [6.07, 6.45) is 2.41. The standard InChI is InChI=1S/C16H26N2/c1-11-8-12(2)16(13(3)9-11)14(4)18-7-5-6-15(17)10-18/h8-9,14-15H,5-7,10,17H2,1-4H3. The van der Waals surface area contributed by atoms with E-state index in [4.69, 9.17) is 5.73 Å². The minimum atomic E-state index is 0.354. The third-order valence-electron chi connectivity index (χ3n) is 4.19. The maximum absolute atomic E-state index is 6.10. The lowest BCUT2D eigenvalue weighted by atomic mass is 9.92. The number of piperidine rings is 1. The summed E-state index contributed by atoms with van der Waals surface area (Å²) in [6, 6.07) is 5.43. The summed E-state index contributed by atoms with van der Waals surface area (Å²) >= 11 is 0. The number of likely N-dealkylation sites (tertiary alicyclic amines) is 1. The Labute approximate surface area is 111 Å². The van der Waals surface area contributed by atoms with E-state index >= 15 is 0 Å². The van der Waals surface area contributed by atoms with Crippen LogP contribution in [0.1, 0.15) is 48.1 Å². The second kappa shape index (κ2) is 5.41. The molecule has 2 atom stereocenters. The molecule has 0 aromatic heterocycles. The van der Waals surface area contributed by atoms with E-state index in [1.54, 1.807) is 0 Å². The fraction of sp³-hybridized carbons (Fsp3) is 0.625. The number of benzene rings is 1. The van der Waals surface area contributed by atoms with Crippen LogP contribution in [0.5, 0.6) is 0 Å². The van der Waals surface area contributed by atoms with Crippen molar-refractivity contribution in [3.05, 3.63) is 34.4 Å². The van der Waals surface area contributed by atoms with Gasteiger partial charge in [0.15, 0.2) is 0 Å². The molecule has 0 aliphatic carbocycles. The van der Waals surface area contributed by atoms with E-state index in [9.17, 15) is 0 Å². The molecule has 0 amide bonds. The van der Waals surface area contributed by atoms with Crippen molar-refractivity contribution in [2.75, 3.05) is 13.1 Å². The summed E-state index contributed by atoms with van der Waals surface area (Å²) in [5, 5.41) is 0. The predicted molar refractivity (Wildman–Crippen MR) is 77.9 cm³/mol. The third kappa shape index (κ3) is 2.76. The Bertz CT molecular complexity index is 402. The fourth-order valence-electron chi connectivity index (χ4n) is 3.42. The number of rotatable bonds is 2. The van der Waals surface area contributed by atoms with Crippen molar-refractivity contribution >= 4 is 0 Å². The van der Waals surface area contributed by atoms with Crippen LogP contribution in [0, 0.1) is 20.8 Å². The molecule has 1 aromatic carbocycles. The Morgan fingerprint density at radius 2 is 1.83 bits per heavy atom. The first-order chi connectivity index (χ1) is 8.49. The van der Waals surface area contributed by atoms with Crippen LogP contribution >= 0.6 is 0 Å². The Kier molecular flexibility index (Phi) is 4.08. The quantitative estimate of drug-likeness (QED) is 0.869. The van der Waals surface area contributed by atoms with Crippen LogP contribution in [0.2, 0.25) is 0 Å². The minimum absolute atomic E-state index is 0.354. The van der Waals surface area contributed by atoms with Gasteiger partial charge in [0.25, 0.3) is 0 Å². The molecule has 1 aliphatic heterocycles. The highest BCUT2D eigenvalue weighted by atomic mass is 15.2. The first-order valence-electron chi connectivity index (χ1n) is 7.06. The van der Waals surface area contributed by atoms with Crippen molar-refractivity contribution in [1.82, 2.24) is 4.90 Å². The SMILES string of the molecule is Cc1cc(C)c(C(C)N2CCCC(N)C2)c(C)c1. The molecule has 1 aromatic rings. The topological polar surface area (TPSA) is 29.3 Å². The first-order valence-corrected chi connectivity index (χ1v) is 7.06. The van der Waals surface area contributed by atoms with E-state index in [0.717, 1.165) is 6.54 Å². The van der Waals surface area contributed by atoms with E-state index in [2.05, 4.69) is 44.7 Å². The van der Waals surface area contributed by atoms with Crippen LogP contribution in [-0.4, -0.2) is 24.0 Å². The summed E-state index contributed by atoms with van der Waals surface area (Å²) < 4.78 is 0. The van der Waals surface area contributed by atoms with E-state index in [1.807, 2.05) is 0 Å². The van der Waals surface area contributed by atoms with Gasteiger partial charge >= 0.3 is 0 Å². The molecule has 0 bridgehead atoms. The number of nitrogens with two attached hydrogens (primary N) is 1. The molecule has 0 spiro atoms. The number of nitrogens with zero attached hydrogens (tertiary/aromatic N) is 1. The monoisotopic (exact) mass is 246 g/mol. The molecule has 1 fully saturated rings. The zero-order chi connectivity index (χ0) is 13.3. The van der Waals surface area contributed by atoms with Crippen LogP contribution in [0.25, 0.3) is 0 Å². The van der Waals surface area contributed by atoms with E-state index in [1.165, 1.54) is 41.6 Å². The van der Waals surface area contributed by atoms with Crippen molar-refractivity contribution in [1.29, 1.82) is 0 Å². The van der Waals surface area contributed by atoms with Crippen LogP contribution < -0.4 is 5.73 Å². The molecule has 18 heavy (non-hydrogen) atoms. The van der Waals surface area contributed by atoms with Crippen LogP contribution in [0.4, 0.5) is 0 Å². The molecule has 2 heteroatoms. The van der Waals surface area contributed by atoms with E-state index < -0.39 is 0 Å². The van der Waals surface area contributed by atoms with Crippen LogP contribution in [0.3, 0.4) is 0 Å². The van der Waals surface area contributed by atoms with Gasteiger partial charge < -0.3 is 5.73 Å². The molecule has 0 radical (unpaired) electrons. The highest BCUT2D eigenvalue weighted by Gasteiger charge is 2.24. The molecule has 2 unspecified atom stereocenters. The van der Waals surface area contributed by atoms with Gasteiger partial charge in [0, 0.05) is 18.6 Å². The zero-order valence-electron chi connectivity index (χ0n) is 12.2. The molecule has 1 saturated heterocycles. The van der Waals surface area contributed by atoms with Gasteiger partial charge in [0.2, 0.25) is 0 Å². The Morgan fingerprint density at radius 1 is 1.22 bits per heavy atom. The van der Waals surface area contributed by atoms with Gasteiger partial charge in [-0.3, -0.25) is 4.90 Å². The van der Waals surface area contributed by atoms with Gasteiger partial charge in [-0.25, -0.2) is 0 Å². The lowest BCUT2D eigenvalue weighted by molar-refractivity contribution is 0.159. The molecule has 1 aliphatic rings. The normalized spacial score (nSPS) is 23.1. The Morgan fingerprint density at radius 3 is 2.39 bits per heavy atom. The molecule has 1 heterocycles. The van der Waals surface area contributed by atoms with Crippen LogP contribution in [0.15, 0.2) is 12.1 Å². The fourth-order valence-corrected chi connectivity index (χ4v) is 3.42. The zero-order valence-corrected chi connectivity index (χ0v) is 12.2. The molecule has 2 nitrogen and oxygen atoms in total. The van der Waals surface area contributed by atoms with Crippen molar-refractivity contribution in [3.63, 3.8) is 0 Å². The average Bonchev–Trinajstić information content (AvgIpc) is 2.27. The largest absolute Gasteiger partial charge is 0.327 e. The van der Waals surface area contributed by atoms with Crippen LogP contribution in [-0.2, 0) is 0 Å². The maximum Gasteiger partial charge on any atom is 0.0325 e. The van der Waals surface area contributed by atoms with Crippen molar-refractivity contribution in [3.8, 4) is 0 Å². The van der Waals surface area contributed by atoms with Gasteiger partial charge in [-0.2, -0.15) is 0 Å². The second-order valence-corrected chi connectivity index (χ2v) is 5.89. The first kappa shape index (κ1) is 13.6. The number of aryl methyl sites for hydroxylation is 3. The van der Waals surface area contributed by atoms with Crippen molar-refractivity contribution in [2.24, 2.45) is 5.73 Å². The van der Waals surface area contributed by atoms with Gasteiger partial charge in [-0.15, -0.1) is 0 Å². The van der Waals surface area contributed by atoms with Gasteiger partial charge in [-0.1, -0.05) is 17.7 Å². The number of hydrogen-bond acceptors (Lipinski definition) is 2. The van der Waals surface area contributed by atoms with Crippen molar-refractivity contribution < 1.29 is 0 Å². The molecular weight excluding hydrogens is 220 g/mol. The molecular formula is C16H26N2. The van der Waals surface area contributed by atoms with E-state index in [-0.39, 0.29) is 0 Å². The van der Waals surface area contributed by atoms with Gasteiger partial charge in [0.1, 0.15) is 0 Å². The maximum atomic E-state index is 6.10. The van der Waals surface area contributed by atoms with Crippen molar-refractivity contribution in [2.45, 2.75) is 52.6 Å². The lowest BCUT2D eigenvalue weighted by Crippen LogP contribution is -2.44. The third-order valence-corrected chi connectivity index (χ3v) is 4.19. The van der Waals surface area contributed by atoms with Gasteiger partial charge in [0.05, 0.1) is 0 Å².